The van der Waals surface area contributed by atoms with E-state index in [1.165, 1.54) is 0 Å². The summed E-state index contributed by atoms with van der Waals surface area (Å²) >= 11 is 0. The highest BCUT2D eigenvalue weighted by atomic mass is 16.2. The molecular weight excluding hydrogens is 264 g/mol. The van der Waals surface area contributed by atoms with Gasteiger partial charge in [0.1, 0.15) is 12.1 Å². The summed E-state index contributed by atoms with van der Waals surface area (Å²) in [6, 6.07) is 9.08. The zero-order valence-corrected chi connectivity index (χ0v) is 13.0. The normalized spacial score (nSPS) is 22.6. The van der Waals surface area contributed by atoms with Crippen LogP contribution >= 0.6 is 0 Å². The predicted octanol–water partition coefficient (Wildman–Crippen LogP) is 1.99. The maximum absolute atomic E-state index is 12.5. The van der Waals surface area contributed by atoms with E-state index in [-0.39, 0.29) is 17.9 Å². The molecular formula is C17H24N2O2. The Kier molecular flexibility index (Phi) is 4.99. The molecule has 21 heavy (non-hydrogen) atoms. The molecule has 0 bridgehead atoms. The minimum absolute atomic E-state index is 0.0362. The Morgan fingerprint density at radius 3 is 2.43 bits per heavy atom. The Hall–Kier alpha value is -1.84. The van der Waals surface area contributed by atoms with Gasteiger partial charge in [-0.2, -0.15) is 0 Å². The second-order valence-corrected chi connectivity index (χ2v) is 6.02. The number of rotatable bonds is 5. The van der Waals surface area contributed by atoms with Crippen LogP contribution in [0.2, 0.25) is 0 Å². The number of amides is 2. The van der Waals surface area contributed by atoms with Gasteiger partial charge in [-0.25, -0.2) is 0 Å². The van der Waals surface area contributed by atoms with Gasteiger partial charge in [-0.15, -0.1) is 0 Å². The Labute approximate surface area is 126 Å². The summed E-state index contributed by atoms with van der Waals surface area (Å²) < 4.78 is 0. The van der Waals surface area contributed by atoms with Crippen LogP contribution in [0.4, 0.5) is 0 Å². The van der Waals surface area contributed by atoms with Crippen LogP contribution in [0.3, 0.4) is 0 Å². The summed E-state index contributed by atoms with van der Waals surface area (Å²) in [6.07, 6.45) is 1.26. The number of benzene rings is 1. The molecule has 0 radical (unpaired) electrons. The van der Waals surface area contributed by atoms with E-state index in [9.17, 15) is 9.59 Å². The largest absolute Gasteiger partial charge is 0.342 e. The second kappa shape index (κ2) is 6.74. The number of hydrogen-bond donors (Lipinski definition) is 1. The smallest absolute Gasteiger partial charge is 0.245 e. The van der Waals surface area contributed by atoms with Gasteiger partial charge in [-0.05, 0) is 24.8 Å². The first-order valence-electron chi connectivity index (χ1n) is 7.67. The Bertz CT molecular complexity index is 499. The van der Waals surface area contributed by atoms with Crippen molar-refractivity contribution in [3.8, 4) is 0 Å². The Morgan fingerprint density at radius 2 is 1.86 bits per heavy atom. The summed E-state index contributed by atoms with van der Waals surface area (Å²) in [4.78, 5) is 26.7. The molecule has 1 aromatic rings. The van der Waals surface area contributed by atoms with Crippen LogP contribution in [0.1, 0.15) is 32.8 Å². The van der Waals surface area contributed by atoms with E-state index in [2.05, 4.69) is 19.2 Å². The van der Waals surface area contributed by atoms with E-state index in [1.54, 1.807) is 4.90 Å². The Morgan fingerprint density at radius 1 is 1.19 bits per heavy atom. The maximum atomic E-state index is 12.5. The van der Waals surface area contributed by atoms with Crippen molar-refractivity contribution < 1.29 is 9.59 Å². The quantitative estimate of drug-likeness (QED) is 0.901. The third kappa shape index (κ3) is 3.63. The lowest BCUT2D eigenvalue weighted by molar-refractivity contribution is -0.149. The average molecular weight is 288 g/mol. The van der Waals surface area contributed by atoms with Crippen molar-refractivity contribution in [1.29, 1.82) is 0 Å². The zero-order chi connectivity index (χ0) is 15.4. The predicted molar refractivity (Wildman–Crippen MR) is 82.7 cm³/mol. The van der Waals surface area contributed by atoms with Crippen LogP contribution in [0.25, 0.3) is 0 Å². The lowest BCUT2D eigenvalue weighted by Crippen LogP contribution is -2.64. The van der Waals surface area contributed by atoms with Crippen molar-refractivity contribution in [1.82, 2.24) is 10.2 Å². The second-order valence-electron chi connectivity index (χ2n) is 6.02. The number of hydrogen-bond acceptors (Lipinski definition) is 2. The van der Waals surface area contributed by atoms with E-state index in [4.69, 9.17) is 0 Å². The highest BCUT2D eigenvalue weighted by molar-refractivity contribution is 5.97. The molecule has 0 saturated carbocycles. The minimum atomic E-state index is -0.395. The first kappa shape index (κ1) is 15.5. The highest BCUT2D eigenvalue weighted by Gasteiger charge is 2.39. The first-order chi connectivity index (χ1) is 10.0. The van der Waals surface area contributed by atoms with E-state index >= 15 is 0 Å². The van der Waals surface area contributed by atoms with Crippen LogP contribution in [0.5, 0.6) is 0 Å². The van der Waals surface area contributed by atoms with Crippen molar-refractivity contribution in [2.45, 2.75) is 45.7 Å². The molecule has 2 amide bonds. The van der Waals surface area contributed by atoms with E-state index in [1.807, 2.05) is 37.3 Å². The van der Waals surface area contributed by atoms with Crippen molar-refractivity contribution in [3.63, 3.8) is 0 Å². The molecule has 1 saturated heterocycles. The van der Waals surface area contributed by atoms with Crippen molar-refractivity contribution in [2.75, 3.05) is 6.54 Å². The van der Waals surface area contributed by atoms with E-state index < -0.39 is 6.04 Å². The summed E-state index contributed by atoms with van der Waals surface area (Å²) in [5.74, 6) is 0.390. The zero-order valence-electron chi connectivity index (χ0n) is 13.0. The lowest BCUT2D eigenvalue weighted by Gasteiger charge is -2.39. The van der Waals surface area contributed by atoms with Gasteiger partial charge in [0.05, 0.1) is 0 Å². The first-order valence-corrected chi connectivity index (χ1v) is 7.67. The fourth-order valence-corrected chi connectivity index (χ4v) is 2.87. The molecule has 4 nitrogen and oxygen atoms in total. The third-order valence-electron chi connectivity index (χ3n) is 3.90. The van der Waals surface area contributed by atoms with Gasteiger partial charge in [0.25, 0.3) is 0 Å². The molecule has 2 atom stereocenters. The fourth-order valence-electron chi connectivity index (χ4n) is 2.87. The standard InChI is InChI=1S/C17H24N2O2/c1-4-19-15(11-13-8-6-5-7-9-13)16(20)18-14(17(19)21)10-12(2)3/h5-9,12,14-15H,4,10-11H2,1-3H3,(H,18,20). The number of carbonyl (C=O) groups excluding carboxylic acids is 2. The molecule has 4 heteroatoms. The van der Waals surface area contributed by atoms with Crippen LogP contribution < -0.4 is 5.32 Å². The molecule has 0 aliphatic carbocycles. The molecule has 1 heterocycles. The minimum Gasteiger partial charge on any atom is -0.342 e. The fraction of sp³-hybridized carbons (Fsp3) is 0.529. The van der Waals surface area contributed by atoms with Crippen molar-refractivity contribution >= 4 is 11.8 Å². The molecule has 2 rings (SSSR count). The summed E-state index contributed by atoms with van der Waals surface area (Å²) in [5, 5.41) is 2.90. The molecule has 1 aromatic carbocycles. The average Bonchev–Trinajstić information content (AvgIpc) is 2.45. The lowest BCUT2D eigenvalue weighted by atomic mass is 9.95. The van der Waals surface area contributed by atoms with E-state index in [0.29, 0.717) is 25.3 Å². The van der Waals surface area contributed by atoms with Gasteiger partial charge in [0.2, 0.25) is 11.8 Å². The molecule has 1 fully saturated rings. The van der Waals surface area contributed by atoms with Crippen LogP contribution in [0, 0.1) is 5.92 Å². The molecule has 1 aliphatic rings. The molecule has 0 spiro atoms. The summed E-state index contributed by atoms with van der Waals surface area (Å²) in [7, 11) is 0. The number of piperazine rings is 1. The van der Waals surface area contributed by atoms with Gasteiger partial charge in [-0.1, -0.05) is 44.2 Å². The van der Waals surface area contributed by atoms with Gasteiger partial charge < -0.3 is 10.2 Å². The molecule has 0 aromatic heterocycles. The topological polar surface area (TPSA) is 49.4 Å². The third-order valence-corrected chi connectivity index (χ3v) is 3.90. The monoisotopic (exact) mass is 288 g/mol. The van der Waals surface area contributed by atoms with E-state index in [0.717, 1.165) is 5.56 Å². The summed E-state index contributed by atoms with van der Waals surface area (Å²) in [6.45, 7) is 6.62. The molecule has 114 valence electrons. The van der Waals surface area contributed by atoms with Crippen LogP contribution in [-0.2, 0) is 16.0 Å². The highest BCUT2D eigenvalue weighted by Crippen LogP contribution is 2.18. The van der Waals surface area contributed by atoms with Gasteiger partial charge in [0, 0.05) is 13.0 Å². The number of likely N-dealkylation sites (N-methyl/N-ethyl adjacent to an activating group) is 1. The number of nitrogens with one attached hydrogen (secondary N) is 1. The van der Waals surface area contributed by atoms with Crippen molar-refractivity contribution in [2.24, 2.45) is 5.92 Å². The molecule has 2 unspecified atom stereocenters. The molecule has 1 N–H and O–H groups in total. The van der Waals surface area contributed by atoms with Crippen LogP contribution in [-0.4, -0.2) is 35.3 Å². The molecule has 1 aliphatic heterocycles. The van der Waals surface area contributed by atoms with Gasteiger partial charge in [-0.3, -0.25) is 9.59 Å². The number of nitrogens with zero attached hydrogens (tertiary/aromatic N) is 1. The van der Waals surface area contributed by atoms with Gasteiger partial charge in [0.15, 0.2) is 0 Å². The van der Waals surface area contributed by atoms with Crippen molar-refractivity contribution in [3.05, 3.63) is 35.9 Å². The van der Waals surface area contributed by atoms with Crippen LogP contribution in [0.15, 0.2) is 30.3 Å². The Balaban J connectivity index is 2.15. The number of carbonyl (C=O) groups is 2. The maximum Gasteiger partial charge on any atom is 0.245 e. The SMILES string of the molecule is CCN1C(=O)C(CC(C)C)NC(=O)C1Cc1ccccc1. The summed E-state index contributed by atoms with van der Waals surface area (Å²) in [5.41, 5.74) is 1.08. The van der Waals surface area contributed by atoms with Gasteiger partial charge >= 0.3 is 0 Å².